The predicted octanol–water partition coefficient (Wildman–Crippen LogP) is 1.21. The zero-order chi connectivity index (χ0) is 11.7. The highest BCUT2D eigenvalue weighted by Gasteiger charge is 2.30. The number of carbonyl (C=O) groups is 2. The molecule has 0 aliphatic carbocycles. The summed E-state index contributed by atoms with van der Waals surface area (Å²) in [6.07, 6.45) is -0.0322. The molecule has 5 heteroatoms. The summed E-state index contributed by atoms with van der Waals surface area (Å²) in [6, 6.07) is 4.98. The molecule has 0 aromatic heterocycles. The first-order valence-corrected chi connectivity index (χ1v) is 4.82. The van der Waals surface area contributed by atoms with E-state index in [0.717, 1.165) is 0 Å². The summed E-state index contributed by atoms with van der Waals surface area (Å²) < 4.78 is 5.03. The molecule has 1 aromatic carbocycles. The van der Waals surface area contributed by atoms with E-state index in [2.05, 4.69) is 5.32 Å². The number of aliphatic carboxylic acids is 1. The lowest BCUT2D eigenvalue weighted by Crippen LogP contribution is -2.27. The number of hydrogen-bond acceptors (Lipinski definition) is 3. The van der Waals surface area contributed by atoms with Crippen LogP contribution in [0.3, 0.4) is 0 Å². The van der Waals surface area contributed by atoms with Crippen LogP contribution in [-0.4, -0.2) is 24.1 Å². The third-order valence-electron chi connectivity index (χ3n) is 2.60. The maximum absolute atomic E-state index is 11.3. The Morgan fingerprint density at radius 1 is 1.56 bits per heavy atom. The van der Waals surface area contributed by atoms with E-state index in [9.17, 15) is 9.59 Å². The number of rotatable bonds is 2. The van der Waals surface area contributed by atoms with E-state index in [-0.39, 0.29) is 12.3 Å². The molecule has 0 fully saturated rings. The standard InChI is InChI=1S/C11H11NO4/c1-16-6-2-3-9-7(4-6)8(11(14)15)5-10(13)12-9/h2-4,8H,5H2,1H3,(H,12,13)(H,14,15). The SMILES string of the molecule is COc1ccc2c(c1)C(C(=O)O)CC(=O)N2. The van der Waals surface area contributed by atoms with Crippen LogP contribution in [0.1, 0.15) is 17.9 Å². The van der Waals surface area contributed by atoms with Gasteiger partial charge >= 0.3 is 5.97 Å². The number of amides is 1. The van der Waals surface area contributed by atoms with Gasteiger partial charge in [-0.2, -0.15) is 0 Å². The van der Waals surface area contributed by atoms with Crippen molar-refractivity contribution in [1.82, 2.24) is 0 Å². The molecule has 1 aliphatic heterocycles. The number of carbonyl (C=O) groups excluding carboxylic acids is 1. The maximum atomic E-state index is 11.3. The minimum atomic E-state index is -0.996. The number of carboxylic acids is 1. The fourth-order valence-corrected chi connectivity index (χ4v) is 1.79. The molecule has 1 amide bonds. The van der Waals surface area contributed by atoms with Gasteiger partial charge < -0.3 is 15.2 Å². The quantitative estimate of drug-likeness (QED) is 0.786. The average Bonchev–Trinajstić information content (AvgIpc) is 2.27. The lowest BCUT2D eigenvalue weighted by atomic mass is 9.90. The Balaban J connectivity index is 2.49. The number of anilines is 1. The maximum Gasteiger partial charge on any atom is 0.311 e. The molecule has 0 bridgehead atoms. The molecular formula is C11H11NO4. The molecule has 1 atom stereocenters. The van der Waals surface area contributed by atoms with Gasteiger partial charge in [0.15, 0.2) is 0 Å². The fraction of sp³-hybridized carbons (Fsp3) is 0.273. The van der Waals surface area contributed by atoms with Gasteiger partial charge in [0.05, 0.1) is 13.0 Å². The molecule has 1 aliphatic rings. The van der Waals surface area contributed by atoms with E-state index in [1.165, 1.54) is 7.11 Å². The molecule has 1 aromatic rings. The van der Waals surface area contributed by atoms with Gasteiger partial charge in [-0.25, -0.2) is 0 Å². The van der Waals surface area contributed by atoms with Crippen molar-refractivity contribution in [1.29, 1.82) is 0 Å². The molecule has 84 valence electrons. The first-order valence-electron chi connectivity index (χ1n) is 4.82. The summed E-state index contributed by atoms with van der Waals surface area (Å²) in [5.74, 6) is -1.48. The number of ether oxygens (including phenoxy) is 1. The number of nitrogens with one attached hydrogen (secondary N) is 1. The minimum Gasteiger partial charge on any atom is -0.497 e. The molecule has 0 saturated carbocycles. The normalized spacial score (nSPS) is 18.6. The van der Waals surface area contributed by atoms with Crippen LogP contribution in [0.5, 0.6) is 5.75 Å². The van der Waals surface area contributed by atoms with E-state index in [4.69, 9.17) is 9.84 Å². The Morgan fingerprint density at radius 3 is 2.94 bits per heavy atom. The minimum absolute atomic E-state index is 0.0322. The molecule has 0 radical (unpaired) electrons. The highest BCUT2D eigenvalue weighted by Crippen LogP contribution is 2.34. The van der Waals surface area contributed by atoms with Gasteiger partial charge in [0.2, 0.25) is 5.91 Å². The van der Waals surface area contributed by atoms with Crippen LogP contribution in [0.25, 0.3) is 0 Å². The molecule has 2 rings (SSSR count). The summed E-state index contributed by atoms with van der Waals surface area (Å²) >= 11 is 0. The Labute approximate surface area is 92.0 Å². The Hall–Kier alpha value is -2.04. The number of methoxy groups -OCH3 is 1. The summed E-state index contributed by atoms with van der Waals surface area (Å²) in [5.41, 5.74) is 1.14. The van der Waals surface area contributed by atoms with Crippen molar-refractivity contribution in [3.05, 3.63) is 23.8 Å². The highest BCUT2D eigenvalue weighted by molar-refractivity contribution is 5.99. The third-order valence-corrected chi connectivity index (χ3v) is 2.60. The predicted molar refractivity (Wildman–Crippen MR) is 56.6 cm³/mol. The number of benzene rings is 1. The number of carboxylic acid groups (broad SMARTS) is 1. The topological polar surface area (TPSA) is 75.6 Å². The van der Waals surface area contributed by atoms with Crippen LogP contribution in [0.4, 0.5) is 5.69 Å². The van der Waals surface area contributed by atoms with Gasteiger partial charge in [0.25, 0.3) is 0 Å². The van der Waals surface area contributed by atoms with Gasteiger partial charge in [-0.15, -0.1) is 0 Å². The van der Waals surface area contributed by atoms with Gasteiger partial charge in [0, 0.05) is 12.1 Å². The van der Waals surface area contributed by atoms with Gasteiger partial charge in [-0.3, -0.25) is 9.59 Å². The second kappa shape index (κ2) is 3.84. The van der Waals surface area contributed by atoms with Gasteiger partial charge in [-0.05, 0) is 23.8 Å². The van der Waals surface area contributed by atoms with Crippen molar-refractivity contribution in [2.45, 2.75) is 12.3 Å². The molecular weight excluding hydrogens is 210 g/mol. The van der Waals surface area contributed by atoms with E-state index < -0.39 is 11.9 Å². The smallest absolute Gasteiger partial charge is 0.311 e. The number of hydrogen-bond donors (Lipinski definition) is 2. The lowest BCUT2D eigenvalue weighted by molar-refractivity contribution is -0.140. The Kier molecular flexibility index (Phi) is 2.52. The van der Waals surface area contributed by atoms with Crippen LogP contribution < -0.4 is 10.1 Å². The average molecular weight is 221 g/mol. The number of fused-ring (bicyclic) bond motifs is 1. The van der Waals surface area contributed by atoms with Crippen molar-refractivity contribution in [3.8, 4) is 5.75 Å². The second-order valence-corrected chi connectivity index (χ2v) is 3.60. The molecule has 16 heavy (non-hydrogen) atoms. The van der Waals surface area contributed by atoms with Crippen LogP contribution in [-0.2, 0) is 9.59 Å². The summed E-state index contributed by atoms with van der Waals surface area (Å²) in [4.78, 5) is 22.3. The first-order chi connectivity index (χ1) is 7.61. The van der Waals surface area contributed by atoms with Crippen molar-refractivity contribution in [3.63, 3.8) is 0 Å². The summed E-state index contributed by atoms with van der Waals surface area (Å²) in [7, 11) is 1.51. The van der Waals surface area contributed by atoms with E-state index in [1.54, 1.807) is 18.2 Å². The zero-order valence-corrected chi connectivity index (χ0v) is 8.69. The molecule has 5 nitrogen and oxygen atoms in total. The molecule has 1 heterocycles. The molecule has 1 unspecified atom stereocenters. The van der Waals surface area contributed by atoms with E-state index in [0.29, 0.717) is 17.0 Å². The summed E-state index contributed by atoms with van der Waals surface area (Å²) in [6.45, 7) is 0. The van der Waals surface area contributed by atoms with Gasteiger partial charge in [0.1, 0.15) is 5.75 Å². The Bertz CT molecular complexity index is 455. The van der Waals surface area contributed by atoms with Gasteiger partial charge in [-0.1, -0.05) is 0 Å². The lowest BCUT2D eigenvalue weighted by Gasteiger charge is -2.22. The van der Waals surface area contributed by atoms with Crippen molar-refractivity contribution in [2.75, 3.05) is 12.4 Å². The van der Waals surface area contributed by atoms with E-state index >= 15 is 0 Å². The largest absolute Gasteiger partial charge is 0.497 e. The Morgan fingerprint density at radius 2 is 2.31 bits per heavy atom. The van der Waals surface area contributed by atoms with Crippen LogP contribution >= 0.6 is 0 Å². The monoisotopic (exact) mass is 221 g/mol. The summed E-state index contributed by atoms with van der Waals surface area (Å²) in [5, 5.41) is 11.7. The van der Waals surface area contributed by atoms with Crippen LogP contribution in [0, 0.1) is 0 Å². The third kappa shape index (κ3) is 1.71. The molecule has 0 saturated heterocycles. The molecule has 0 spiro atoms. The molecule has 2 N–H and O–H groups in total. The second-order valence-electron chi connectivity index (χ2n) is 3.60. The van der Waals surface area contributed by atoms with Crippen molar-refractivity contribution in [2.24, 2.45) is 0 Å². The van der Waals surface area contributed by atoms with Crippen LogP contribution in [0.2, 0.25) is 0 Å². The fourth-order valence-electron chi connectivity index (χ4n) is 1.79. The van der Waals surface area contributed by atoms with Crippen molar-refractivity contribution >= 4 is 17.6 Å². The zero-order valence-electron chi connectivity index (χ0n) is 8.69. The highest BCUT2D eigenvalue weighted by atomic mass is 16.5. The van der Waals surface area contributed by atoms with Crippen LogP contribution in [0.15, 0.2) is 18.2 Å². The van der Waals surface area contributed by atoms with E-state index in [1.807, 2.05) is 0 Å². The van der Waals surface area contributed by atoms with Crippen molar-refractivity contribution < 1.29 is 19.4 Å². The first kappa shape index (κ1) is 10.5.